The number of rotatable bonds is 18. The fourth-order valence-electron chi connectivity index (χ4n) is 3.17. The van der Waals surface area contributed by atoms with E-state index in [1.54, 1.807) is 24.3 Å². The number of imide groups is 1. The van der Waals surface area contributed by atoms with Crippen LogP contribution in [-0.4, -0.2) is 76.1 Å². The van der Waals surface area contributed by atoms with Crippen LogP contribution in [0.15, 0.2) is 24.3 Å². The Balaban J connectivity index is 1.35. The van der Waals surface area contributed by atoms with E-state index in [9.17, 15) is 9.59 Å². The molecule has 1 aliphatic rings. The average molecular weight is 422 g/mol. The highest BCUT2D eigenvalue weighted by molar-refractivity contribution is 6.21. The van der Waals surface area contributed by atoms with Crippen LogP contribution < -0.4 is 0 Å². The summed E-state index contributed by atoms with van der Waals surface area (Å²) in [5.41, 5.74) is 0.923. The third-order valence-corrected chi connectivity index (χ3v) is 4.85. The number of fused-ring (bicyclic) bond motifs is 1. The van der Waals surface area contributed by atoms with Crippen molar-refractivity contribution in [1.82, 2.24) is 4.90 Å². The van der Waals surface area contributed by atoms with Crippen LogP contribution in [0.2, 0.25) is 0 Å². The lowest BCUT2D eigenvalue weighted by Gasteiger charge is -2.13. The second kappa shape index (κ2) is 15.1. The number of hydrogen-bond acceptors (Lipinski definition) is 6. The fourth-order valence-corrected chi connectivity index (χ4v) is 3.17. The number of nitrogens with zero attached hydrogens (tertiary/aromatic N) is 1. The molecule has 0 spiro atoms. The van der Waals surface area contributed by atoms with Gasteiger partial charge in [-0.05, 0) is 18.6 Å². The van der Waals surface area contributed by atoms with Gasteiger partial charge in [0.2, 0.25) is 0 Å². The smallest absolute Gasteiger partial charge is 0.261 e. The van der Waals surface area contributed by atoms with Gasteiger partial charge in [0.25, 0.3) is 11.8 Å². The van der Waals surface area contributed by atoms with Gasteiger partial charge < -0.3 is 18.9 Å². The number of carbonyl (C=O) groups is 2. The van der Waals surface area contributed by atoms with E-state index in [0.717, 1.165) is 13.0 Å². The normalized spacial score (nSPS) is 13.3. The zero-order valence-electron chi connectivity index (χ0n) is 18.1. The van der Waals surface area contributed by atoms with Gasteiger partial charge in [0.05, 0.1) is 63.9 Å². The van der Waals surface area contributed by atoms with E-state index < -0.39 is 0 Å². The molecule has 1 aliphatic heterocycles. The molecule has 0 atom stereocenters. The van der Waals surface area contributed by atoms with Crippen LogP contribution in [0.3, 0.4) is 0 Å². The molecule has 168 valence electrons. The Kier molecular flexibility index (Phi) is 12.3. The molecule has 1 aromatic rings. The van der Waals surface area contributed by atoms with Crippen LogP contribution >= 0.6 is 0 Å². The highest BCUT2D eigenvalue weighted by Crippen LogP contribution is 2.21. The molecular weight excluding hydrogens is 386 g/mol. The van der Waals surface area contributed by atoms with Crippen molar-refractivity contribution in [3.05, 3.63) is 35.4 Å². The van der Waals surface area contributed by atoms with Gasteiger partial charge in [-0.3, -0.25) is 14.5 Å². The van der Waals surface area contributed by atoms with Crippen LogP contribution in [0.1, 0.15) is 59.7 Å². The molecule has 0 aromatic heterocycles. The SMILES string of the molecule is CCCCCCCOCCOCCOCCOCCN1C(=O)c2ccccc2C1=O. The van der Waals surface area contributed by atoms with Crippen molar-refractivity contribution in [2.24, 2.45) is 0 Å². The molecule has 1 aromatic carbocycles. The molecule has 0 N–H and O–H groups in total. The maximum atomic E-state index is 12.2. The molecule has 0 saturated carbocycles. The Hall–Kier alpha value is -1.80. The summed E-state index contributed by atoms with van der Waals surface area (Å²) in [6.07, 6.45) is 6.22. The van der Waals surface area contributed by atoms with Crippen molar-refractivity contribution in [2.45, 2.75) is 39.0 Å². The van der Waals surface area contributed by atoms with E-state index in [2.05, 4.69) is 6.92 Å². The summed E-state index contributed by atoms with van der Waals surface area (Å²) >= 11 is 0. The lowest BCUT2D eigenvalue weighted by Crippen LogP contribution is -2.33. The van der Waals surface area contributed by atoms with Crippen molar-refractivity contribution in [3.63, 3.8) is 0 Å². The molecule has 1 heterocycles. The summed E-state index contributed by atoms with van der Waals surface area (Å²) in [6.45, 7) is 6.63. The zero-order valence-corrected chi connectivity index (χ0v) is 18.1. The predicted molar refractivity (Wildman–Crippen MR) is 114 cm³/mol. The van der Waals surface area contributed by atoms with Crippen molar-refractivity contribution >= 4 is 11.8 Å². The van der Waals surface area contributed by atoms with Gasteiger partial charge in [-0.1, -0.05) is 44.7 Å². The van der Waals surface area contributed by atoms with Crippen molar-refractivity contribution in [3.8, 4) is 0 Å². The van der Waals surface area contributed by atoms with E-state index >= 15 is 0 Å². The van der Waals surface area contributed by atoms with Crippen molar-refractivity contribution in [1.29, 1.82) is 0 Å². The standard InChI is InChI=1S/C23H35NO6/c1-2-3-4-5-8-12-27-14-16-29-18-19-30-17-15-28-13-11-24-22(25)20-9-6-7-10-21(20)23(24)26/h6-7,9-10H,2-5,8,11-19H2,1H3. The van der Waals surface area contributed by atoms with Crippen LogP contribution in [-0.2, 0) is 18.9 Å². The summed E-state index contributed by atoms with van der Waals surface area (Å²) < 4.78 is 21.9. The number of ether oxygens (including phenoxy) is 4. The first-order valence-electron chi connectivity index (χ1n) is 11.0. The summed E-state index contributed by atoms with van der Waals surface area (Å²) in [5, 5.41) is 0. The Labute approximate surface area is 179 Å². The van der Waals surface area contributed by atoms with Crippen LogP contribution in [0.5, 0.6) is 0 Å². The molecule has 0 unspecified atom stereocenters. The predicted octanol–water partition coefficient (Wildman–Crippen LogP) is 3.32. The van der Waals surface area contributed by atoms with Gasteiger partial charge >= 0.3 is 0 Å². The first-order valence-corrected chi connectivity index (χ1v) is 11.0. The van der Waals surface area contributed by atoms with Gasteiger partial charge in [-0.25, -0.2) is 0 Å². The van der Waals surface area contributed by atoms with Crippen molar-refractivity contribution < 1.29 is 28.5 Å². The van der Waals surface area contributed by atoms with E-state index in [-0.39, 0.29) is 18.4 Å². The van der Waals surface area contributed by atoms with E-state index in [4.69, 9.17) is 18.9 Å². The largest absolute Gasteiger partial charge is 0.379 e. The molecule has 7 nitrogen and oxygen atoms in total. The second-order valence-electron chi connectivity index (χ2n) is 7.17. The molecule has 2 rings (SSSR count). The van der Waals surface area contributed by atoms with Crippen molar-refractivity contribution in [2.75, 3.05) is 59.4 Å². The summed E-state index contributed by atoms with van der Waals surface area (Å²) in [6, 6.07) is 6.86. The Morgan fingerprint density at radius 2 is 1.10 bits per heavy atom. The highest BCUT2D eigenvalue weighted by Gasteiger charge is 2.34. The third kappa shape index (κ3) is 8.52. The minimum Gasteiger partial charge on any atom is -0.379 e. The highest BCUT2D eigenvalue weighted by atomic mass is 16.6. The molecule has 0 fully saturated rings. The van der Waals surface area contributed by atoms with E-state index in [1.807, 2.05) is 0 Å². The Morgan fingerprint density at radius 1 is 0.633 bits per heavy atom. The maximum Gasteiger partial charge on any atom is 0.261 e. The van der Waals surface area contributed by atoms with Gasteiger partial charge in [0.15, 0.2) is 0 Å². The molecule has 0 aliphatic carbocycles. The van der Waals surface area contributed by atoms with Crippen LogP contribution in [0.4, 0.5) is 0 Å². The summed E-state index contributed by atoms with van der Waals surface area (Å²) in [7, 11) is 0. The molecule has 0 saturated heterocycles. The van der Waals surface area contributed by atoms with Gasteiger partial charge in [-0.2, -0.15) is 0 Å². The summed E-state index contributed by atoms with van der Waals surface area (Å²) in [5.74, 6) is -0.513. The number of amides is 2. The minimum atomic E-state index is -0.256. The fraction of sp³-hybridized carbons (Fsp3) is 0.652. The monoisotopic (exact) mass is 421 g/mol. The second-order valence-corrected chi connectivity index (χ2v) is 7.17. The Morgan fingerprint density at radius 3 is 1.63 bits per heavy atom. The quantitative estimate of drug-likeness (QED) is 0.267. The first kappa shape index (κ1) is 24.5. The third-order valence-electron chi connectivity index (χ3n) is 4.85. The van der Waals surface area contributed by atoms with E-state index in [1.165, 1.54) is 30.6 Å². The minimum absolute atomic E-state index is 0.244. The lowest BCUT2D eigenvalue weighted by molar-refractivity contribution is -0.00353. The number of benzene rings is 1. The zero-order chi connectivity index (χ0) is 21.4. The molecular formula is C23H35NO6. The van der Waals surface area contributed by atoms with Gasteiger partial charge in [0.1, 0.15) is 0 Å². The average Bonchev–Trinajstić information content (AvgIpc) is 3.01. The molecule has 0 radical (unpaired) electrons. The van der Waals surface area contributed by atoms with E-state index in [0.29, 0.717) is 57.4 Å². The Bertz CT molecular complexity index is 601. The van der Waals surface area contributed by atoms with Crippen LogP contribution in [0.25, 0.3) is 0 Å². The maximum absolute atomic E-state index is 12.2. The molecule has 2 amide bonds. The van der Waals surface area contributed by atoms with Gasteiger partial charge in [0, 0.05) is 6.61 Å². The van der Waals surface area contributed by atoms with Gasteiger partial charge in [-0.15, -0.1) is 0 Å². The molecule has 7 heteroatoms. The summed E-state index contributed by atoms with van der Waals surface area (Å²) in [4.78, 5) is 25.7. The topological polar surface area (TPSA) is 74.3 Å². The molecule has 30 heavy (non-hydrogen) atoms. The number of unbranched alkanes of at least 4 members (excludes halogenated alkanes) is 4. The molecule has 0 bridgehead atoms. The lowest BCUT2D eigenvalue weighted by atomic mass is 10.1. The van der Waals surface area contributed by atoms with Crippen LogP contribution in [0, 0.1) is 0 Å². The number of carbonyl (C=O) groups excluding carboxylic acids is 2. The number of hydrogen-bond donors (Lipinski definition) is 0. The first-order chi connectivity index (χ1) is 14.8.